The minimum atomic E-state index is -0.429. The molecule has 0 radical (unpaired) electrons. The SMILES string of the molecule is CC(C)C(Sc1n[nH]c(-c2ccccc2F)n1)C(=O)Nc1cccc2ncccc12. The highest BCUT2D eigenvalue weighted by molar-refractivity contribution is 8.00. The monoisotopic (exact) mass is 421 g/mol. The molecule has 8 heteroatoms. The average molecular weight is 422 g/mol. The summed E-state index contributed by atoms with van der Waals surface area (Å²) in [4.78, 5) is 21.7. The molecule has 2 aromatic heterocycles. The Kier molecular flexibility index (Phi) is 5.76. The molecule has 0 fully saturated rings. The van der Waals surface area contributed by atoms with Gasteiger partial charge in [0.1, 0.15) is 5.82 Å². The van der Waals surface area contributed by atoms with Crippen LogP contribution in [0.2, 0.25) is 0 Å². The van der Waals surface area contributed by atoms with Gasteiger partial charge in [-0.25, -0.2) is 9.37 Å². The summed E-state index contributed by atoms with van der Waals surface area (Å²) in [6.07, 6.45) is 1.72. The number of pyridine rings is 1. The minimum absolute atomic E-state index is 0.0264. The van der Waals surface area contributed by atoms with E-state index in [2.05, 4.69) is 25.5 Å². The van der Waals surface area contributed by atoms with Gasteiger partial charge < -0.3 is 5.32 Å². The summed E-state index contributed by atoms with van der Waals surface area (Å²) >= 11 is 1.25. The molecule has 2 N–H and O–H groups in total. The van der Waals surface area contributed by atoms with Crippen molar-refractivity contribution in [3.05, 3.63) is 66.6 Å². The van der Waals surface area contributed by atoms with Gasteiger partial charge in [0.25, 0.3) is 0 Å². The van der Waals surface area contributed by atoms with E-state index in [9.17, 15) is 9.18 Å². The largest absolute Gasteiger partial charge is 0.324 e. The number of carbonyl (C=O) groups is 1. The lowest BCUT2D eigenvalue weighted by molar-refractivity contribution is -0.116. The van der Waals surface area contributed by atoms with Gasteiger partial charge in [-0.3, -0.25) is 14.9 Å². The van der Waals surface area contributed by atoms with Gasteiger partial charge in [0.15, 0.2) is 5.82 Å². The summed E-state index contributed by atoms with van der Waals surface area (Å²) in [7, 11) is 0. The minimum Gasteiger partial charge on any atom is -0.324 e. The van der Waals surface area contributed by atoms with Crippen LogP contribution < -0.4 is 5.32 Å². The molecule has 1 unspecified atom stereocenters. The lowest BCUT2D eigenvalue weighted by Crippen LogP contribution is -2.29. The highest BCUT2D eigenvalue weighted by Crippen LogP contribution is 2.30. The molecule has 152 valence electrons. The normalized spacial score (nSPS) is 12.3. The van der Waals surface area contributed by atoms with E-state index in [-0.39, 0.29) is 17.6 Å². The number of amides is 1. The summed E-state index contributed by atoms with van der Waals surface area (Å²) in [5.41, 5.74) is 1.86. The molecule has 2 heterocycles. The van der Waals surface area contributed by atoms with E-state index in [4.69, 9.17) is 0 Å². The Labute approximate surface area is 177 Å². The van der Waals surface area contributed by atoms with Gasteiger partial charge in [0.05, 0.1) is 22.0 Å². The van der Waals surface area contributed by atoms with Gasteiger partial charge in [-0.1, -0.05) is 43.8 Å². The van der Waals surface area contributed by atoms with Crippen molar-refractivity contribution in [3.8, 4) is 11.4 Å². The molecular weight excluding hydrogens is 401 g/mol. The van der Waals surface area contributed by atoms with Crippen molar-refractivity contribution in [1.82, 2.24) is 20.2 Å². The lowest BCUT2D eigenvalue weighted by Gasteiger charge is -2.19. The first-order chi connectivity index (χ1) is 14.5. The Hall–Kier alpha value is -3.26. The highest BCUT2D eigenvalue weighted by atomic mass is 32.2. The molecule has 0 aliphatic carbocycles. The first-order valence-electron chi connectivity index (χ1n) is 9.51. The number of nitrogens with zero attached hydrogens (tertiary/aromatic N) is 3. The number of anilines is 1. The Bertz CT molecular complexity index is 1190. The fourth-order valence-corrected chi connectivity index (χ4v) is 4.00. The van der Waals surface area contributed by atoms with E-state index in [1.807, 2.05) is 44.2 Å². The average Bonchev–Trinajstić information content (AvgIpc) is 3.21. The van der Waals surface area contributed by atoms with Crippen LogP contribution in [-0.2, 0) is 4.79 Å². The summed E-state index contributed by atoms with van der Waals surface area (Å²) in [5, 5.41) is 10.8. The summed E-state index contributed by atoms with van der Waals surface area (Å²) in [6, 6.07) is 15.7. The number of halogens is 1. The first kappa shape index (κ1) is 20.0. The predicted octanol–water partition coefficient (Wildman–Crippen LogP) is 4.91. The van der Waals surface area contributed by atoms with Crippen LogP contribution in [0, 0.1) is 11.7 Å². The zero-order valence-electron chi connectivity index (χ0n) is 16.5. The molecule has 0 bridgehead atoms. The molecular formula is C22H20FN5OS. The third-order valence-electron chi connectivity index (χ3n) is 4.59. The van der Waals surface area contributed by atoms with Crippen LogP contribution in [0.3, 0.4) is 0 Å². The fourth-order valence-electron chi connectivity index (χ4n) is 3.09. The maximum Gasteiger partial charge on any atom is 0.238 e. The van der Waals surface area contributed by atoms with Gasteiger partial charge in [-0.15, -0.1) is 5.10 Å². The van der Waals surface area contributed by atoms with Gasteiger partial charge in [-0.2, -0.15) is 0 Å². The molecule has 1 atom stereocenters. The van der Waals surface area contributed by atoms with Crippen LogP contribution in [0.1, 0.15) is 13.8 Å². The van der Waals surface area contributed by atoms with Crippen LogP contribution in [0.4, 0.5) is 10.1 Å². The predicted molar refractivity (Wildman–Crippen MR) is 117 cm³/mol. The van der Waals surface area contributed by atoms with Crippen molar-refractivity contribution in [2.24, 2.45) is 5.92 Å². The quantitative estimate of drug-likeness (QED) is 0.432. The van der Waals surface area contributed by atoms with Crippen LogP contribution in [0.15, 0.2) is 66.0 Å². The van der Waals surface area contributed by atoms with E-state index < -0.39 is 5.25 Å². The number of hydrogen-bond acceptors (Lipinski definition) is 5. The maximum atomic E-state index is 14.0. The molecule has 2 aromatic carbocycles. The summed E-state index contributed by atoms with van der Waals surface area (Å²) in [5.74, 6) is -0.173. The van der Waals surface area contributed by atoms with Crippen molar-refractivity contribution in [3.63, 3.8) is 0 Å². The lowest BCUT2D eigenvalue weighted by atomic mass is 10.1. The van der Waals surface area contributed by atoms with Crippen molar-refractivity contribution in [1.29, 1.82) is 0 Å². The van der Waals surface area contributed by atoms with E-state index in [1.54, 1.807) is 24.4 Å². The van der Waals surface area contributed by atoms with Gasteiger partial charge >= 0.3 is 0 Å². The number of H-pyrrole nitrogens is 1. The Balaban J connectivity index is 1.54. The zero-order chi connectivity index (χ0) is 21.1. The van der Waals surface area contributed by atoms with E-state index >= 15 is 0 Å². The van der Waals surface area contributed by atoms with Crippen molar-refractivity contribution >= 4 is 34.3 Å². The molecule has 4 rings (SSSR count). The molecule has 1 amide bonds. The zero-order valence-corrected chi connectivity index (χ0v) is 17.3. The Morgan fingerprint density at radius 2 is 1.93 bits per heavy atom. The first-order valence-corrected chi connectivity index (χ1v) is 10.4. The van der Waals surface area contributed by atoms with E-state index in [1.165, 1.54) is 17.8 Å². The van der Waals surface area contributed by atoms with Crippen LogP contribution >= 0.6 is 11.8 Å². The number of hydrogen-bond donors (Lipinski definition) is 2. The second-order valence-electron chi connectivity index (χ2n) is 7.09. The van der Waals surface area contributed by atoms with E-state index in [0.29, 0.717) is 22.2 Å². The van der Waals surface area contributed by atoms with Gasteiger partial charge in [0.2, 0.25) is 11.1 Å². The number of aromatic amines is 1. The number of benzene rings is 2. The number of aromatic nitrogens is 4. The van der Waals surface area contributed by atoms with Gasteiger partial charge in [0, 0.05) is 11.6 Å². The van der Waals surface area contributed by atoms with Crippen LogP contribution in [0.25, 0.3) is 22.3 Å². The number of nitrogens with one attached hydrogen (secondary N) is 2. The summed E-state index contributed by atoms with van der Waals surface area (Å²) in [6.45, 7) is 3.93. The second kappa shape index (κ2) is 8.62. The molecule has 0 aliphatic heterocycles. The topological polar surface area (TPSA) is 83.6 Å². The Morgan fingerprint density at radius 3 is 2.73 bits per heavy atom. The van der Waals surface area contributed by atoms with Crippen LogP contribution in [-0.4, -0.2) is 31.3 Å². The maximum absolute atomic E-state index is 14.0. The molecule has 0 saturated heterocycles. The number of rotatable bonds is 6. The molecule has 0 aliphatic rings. The fraction of sp³-hybridized carbons (Fsp3) is 0.182. The highest BCUT2D eigenvalue weighted by Gasteiger charge is 2.26. The number of carbonyl (C=O) groups excluding carboxylic acids is 1. The molecule has 6 nitrogen and oxygen atoms in total. The third kappa shape index (κ3) is 4.18. The molecule has 0 saturated carbocycles. The number of thioether (sulfide) groups is 1. The van der Waals surface area contributed by atoms with Crippen molar-refractivity contribution < 1.29 is 9.18 Å². The molecule has 30 heavy (non-hydrogen) atoms. The second-order valence-corrected chi connectivity index (χ2v) is 8.20. The Morgan fingerprint density at radius 1 is 1.10 bits per heavy atom. The van der Waals surface area contributed by atoms with Gasteiger partial charge in [-0.05, 0) is 42.3 Å². The molecule has 4 aromatic rings. The smallest absolute Gasteiger partial charge is 0.238 e. The summed E-state index contributed by atoms with van der Waals surface area (Å²) < 4.78 is 14.0. The standard InChI is InChI=1S/C22H20FN5OS/c1-13(2)19(21(29)25-18-11-5-10-17-15(18)8-6-12-24-17)30-22-26-20(27-28-22)14-7-3-4-9-16(14)23/h3-13,19H,1-2H3,(H,25,29)(H,26,27,28). The van der Waals surface area contributed by atoms with Crippen molar-refractivity contribution in [2.45, 2.75) is 24.3 Å². The van der Waals surface area contributed by atoms with Crippen molar-refractivity contribution in [2.75, 3.05) is 5.32 Å². The molecule has 0 spiro atoms. The number of fused-ring (bicyclic) bond motifs is 1. The third-order valence-corrected chi connectivity index (χ3v) is 6.00. The van der Waals surface area contributed by atoms with Crippen LogP contribution in [0.5, 0.6) is 0 Å². The van der Waals surface area contributed by atoms with E-state index in [0.717, 1.165) is 10.9 Å².